The number of carbonyl (C=O) groups excluding carboxylic acids is 1. The maximum atomic E-state index is 12.1. The van der Waals surface area contributed by atoms with Crippen LogP contribution in [-0.4, -0.2) is 15.9 Å². The third-order valence-electron chi connectivity index (χ3n) is 2.88. The summed E-state index contributed by atoms with van der Waals surface area (Å²) in [5, 5.41) is 6.22. The first kappa shape index (κ1) is 15.4. The first-order chi connectivity index (χ1) is 10.5. The van der Waals surface area contributed by atoms with Gasteiger partial charge in [-0.25, -0.2) is 9.97 Å². The van der Waals surface area contributed by atoms with Crippen LogP contribution in [0.3, 0.4) is 0 Å². The molecular formula is C14H9Cl2N3OS2. The Kier molecular flexibility index (Phi) is 4.44. The molecule has 22 heavy (non-hydrogen) atoms. The summed E-state index contributed by atoms with van der Waals surface area (Å²) in [7, 11) is 0. The fraction of sp³-hybridized carbons (Fsp3) is 0.0714. The number of aryl methyl sites for hydroxylation is 1. The molecule has 2 aromatic heterocycles. The Morgan fingerprint density at radius 3 is 2.77 bits per heavy atom. The van der Waals surface area contributed by atoms with E-state index in [1.807, 2.05) is 5.38 Å². The quantitative estimate of drug-likeness (QED) is 0.695. The smallest absolute Gasteiger partial charge is 0.269 e. The highest BCUT2D eigenvalue weighted by Gasteiger charge is 2.15. The monoisotopic (exact) mass is 369 g/mol. The predicted molar refractivity (Wildman–Crippen MR) is 92.4 cm³/mol. The highest BCUT2D eigenvalue weighted by atomic mass is 35.5. The van der Waals surface area contributed by atoms with E-state index in [-0.39, 0.29) is 5.91 Å². The number of halogens is 2. The van der Waals surface area contributed by atoms with Crippen LogP contribution in [-0.2, 0) is 0 Å². The van der Waals surface area contributed by atoms with Crippen LogP contribution in [0.5, 0.6) is 0 Å². The Hall–Kier alpha value is -1.47. The van der Waals surface area contributed by atoms with E-state index in [2.05, 4.69) is 15.3 Å². The number of carbonyl (C=O) groups is 1. The number of hydrogen-bond acceptors (Lipinski definition) is 5. The number of nitrogens with one attached hydrogen (secondary N) is 1. The molecule has 0 radical (unpaired) electrons. The van der Waals surface area contributed by atoms with Crippen molar-refractivity contribution in [1.82, 2.24) is 9.97 Å². The van der Waals surface area contributed by atoms with Crippen LogP contribution >= 0.6 is 45.9 Å². The molecule has 1 N–H and O–H groups in total. The van der Waals surface area contributed by atoms with Gasteiger partial charge in [-0.1, -0.05) is 23.2 Å². The summed E-state index contributed by atoms with van der Waals surface area (Å²) in [5.41, 5.74) is 3.82. The molecule has 1 amide bonds. The highest BCUT2D eigenvalue weighted by Crippen LogP contribution is 2.32. The van der Waals surface area contributed by atoms with Crippen LogP contribution in [0.25, 0.3) is 11.3 Å². The van der Waals surface area contributed by atoms with Crippen molar-refractivity contribution in [2.75, 3.05) is 5.32 Å². The van der Waals surface area contributed by atoms with Crippen molar-refractivity contribution in [3.05, 3.63) is 49.7 Å². The number of anilines is 1. The standard InChI is InChI=1S/C14H9Cl2N3OS2/c1-7-12(22-6-17-7)13(20)19-14-18-11(5-21-14)9-3-2-8(15)4-10(9)16/h2-6H,1H3,(H,18,19,20). The van der Waals surface area contributed by atoms with Crippen molar-refractivity contribution in [2.45, 2.75) is 6.92 Å². The number of aromatic nitrogens is 2. The summed E-state index contributed by atoms with van der Waals surface area (Å²) in [6, 6.07) is 5.22. The fourth-order valence-corrected chi connectivity index (χ4v) is 3.73. The van der Waals surface area contributed by atoms with Crippen molar-refractivity contribution >= 4 is 56.9 Å². The molecule has 0 bridgehead atoms. The van der Waals surface area contributed by atoms with Gasteiger partial charge in [-0.2, -0.15) is 0 Å². The minimum atomic E-state index is -0.205. The minimum Gasteiger partial charge on any atom is -0.297 e. The Bertz CT molecular complexity index is 844. The number of thiazole rings is 2. The molecule has 0 aliphatic carbocycles. The van der Waals surface area contributed by atoms with Crippen LogP contribution in [0.15, 0.2) is 29.1 Å². The first-order valence-corrected chi connectivity index (χ1v) is 8.68. The molecule has 0 spiro atoms. The van der Waals surface area contributed by atoms with Gasteiger partial charge >= 0.3 is 0 Å². The van der Waals surface area contributed by atoms with Crippen molar-refractivity contribution in [1.29, 1.82) is 0 Å². The SMILES string of the molecule is Cc1ncsc1C(=O)Nc1nc(-c2ccc(Cl)cc2Cl)cs1. The van der Waals surface area contributed by atoms with Gasteiger partial charge in [0.15, 0.2) is 5.13 Å². The molecule has 0 aliphatic heterocycles. The van der Waals surface area contributed by atoms with Gasteiger partial charge in [0, 0.05) is 16.0 Å². The van der Waals surface area contributed by atoms with Gasteiger partial charge < -0.3 is 0 Å². The summed E-state index contributed by atoms with van der Waals surface area (Å²) in [6.07, 6.45) is 0. The summed E-state index contributed by atoms with van der Waals surface area (Å²) in [5.74, 6) is -0.205. The average molecular weight is 370 g/mol. The van der Waals surface area contributed by atoms with Crippen LogP contribution in [0.4, 0.5) is 5.13 Å². The Balaban J connectivity index is 1.82. The maximum absolute atomic E-state index is 12.1. The van der Waals surface area contributed by atoms with Crippen molar-refractivity contribution in [2.24, 2.45) is 0 Å². The lowest BCUT2D eigenvalue weighted by atomic mass is 10.2. The number of rotatable bonds is 3. The summed E-state index contributed by atoms with van der Waals surface area (Å²) < 4.78 is 0. The van der Waals surface area contributed by atoms with Crippen LogP contribution < -0.4 is 5.32 Å². The molecule has 112 valence electrons. The van der Waals surface area contributed by atoms with E-state index in [9.17, 15) is 4.79 Å². The van der Waals surface area contributed by atoms with E-state index in [4.69, 9.17) is 23.2 Å². The van der Waals surface area contributed by atoms with Gasteiger partial charge in [0.2, 0.25) is 0 Å². The molecule has 4 nitrogen and oxygen atoms in total. The van der Waals surface area contributed by atoms with E-state index in [0.29, 0.717) is 31.4 Å². The van der Waals surface area contributed by atoms with Gasteiger partial charge in [-0.15, -0.1) is 22.7 Å². The molecule has 0 unspecified atom stereocenters. The summed E-state index contributed by atoms with van der Waals surface area (Å²) in [6.45, 7) is 1.80. The van der Waals surface area contributed by atoms with Gasteiger partial charge in [-0.3, -0.25) is 10.1 Å². The second-order valence-corrected chi connectivity index (χ2v) is 6.94. The molecule has 0 saturated carbocycles. The molecule has 3 rings (SSSR count). The van der Waals surface area contributed by atoms with E-state index < -0.39 is 0 Å². The van der Waals surface area contributed by atoms with Crippen LogP contribution in [0, 0.1) is 6.92 Å². The largest absolute Gasteiger partial charge is 0.297 e. The van der Waals surface area contributed by atoms with Crippen molar-refractivity contribution in [3.8, 4) is 11.3 Å². The molecule has 0 atom stereocenters. The Labute approximate surface area is 144 Å². The zero-order valence-corrected chi connectivity index (χ0v) is 14.4. The zero-order chi connectivity index (χ0) is 15.7. The van der Waals surface area contributed by atoms with Crippen LogP contribution in [0.2, 0.25) is 10.0 Å². The van der Waals surface area contributed by atoms with Crippen molar-refractivity contribution < 1.29 is 4.79 Å². The maximum Gasteiger partial charge on any atom is 0.269 e. The molecule has 2 heterocycles. The normalized spacial score (nSPS) is 10.7. The fourth-order valence-electron chi connectivity index (χ4n) is 1.83. The van der Waals surface area contributed by atoms with E-state index in [1.165, 1.54) is 22.7 Å². The minimum absolute atomic E-state index is 0.205. The molecule has 0 fully saturated rings. The summed E-state index contributed by atoms with van der Waals surface area (Å²) >= 11 is 14.7. The molecule has 0 aliphatic rings. The molecule has 1 aromatic carbocycles. The van der Waals surface area contributed by atoms with Crippen LogP contribution in [0.1, 0.15) is 15.4 Å². The number of hydrogen-bond donors (Lipinski definition) is 1. The number of benzene rings is 1. The van der Waals surface area contributed by atoms with E-state index in [1.54, 1.807) is 30.6 Å². The molecule has 8 heteroatoms. The predicted octanol–water partition coefficient (Wildman–Crippen LogP) is 5.13. The summed E-state index contributed by atoms with van der Waals surface area (Å²) in [4.78, 5) is 21.2. The molecule has 0 saturated heterocycles. The lowest BCUT2D eigenvalue weighted by Gasteiger charge is -2.01. The molecule has 3 aromatic rings. The Morgan fingerprint density at radius 2 is 2.09 bits per heavy atom. The second kappa shape index (κ2) is 6.34. The van der Waals surface area contributed by atoms with E-state index in [0.717, 1.165) is 5.56 Å². The van der Waals surface area contributed by atoms with Crippen molar-refractivity contribution in [3.63, 3.8) is 0 Å². The topological polar surface area (TPSA) is 54.9 Å². The number of amides is 1. The third-order valence-corrected chi connectivity index (χ3v) is 5.12. The van der Waals surface area contributed by atoms with E-state index >= 15 is 0 Å². The number of nitrogens with zero attached hydrogens (tertiary/aromatic N) is 2. The lowest BCUT2D eigenvalue weighted by Crippen LogP contribution is -2.11. The second-order valence-electron chi connectivity index (χ2n) is 4.38. The highest BCUT2D eigenvalue weighted by molar-refractivity contribution is 7.14. The van der Waals surface area contributed by atoms with Gasteiger partial charge in [-0.05, 0) is 25.1 Å². The lowest BCUT2D eigenvalue weighted by molar-refractivity contribution is 0.103. The van der Waals surface area contributed by atoms with Gasteiger partial charge in [0.05, 0.1) is 21.9 Å². The molecular weight excluding hydrogens is 361 g/mol. The zero-order valence-electron chi connectivity index (χ0n) is 11.3. The average Bonchev–Trinajstić information content (AvgIpc) is 3.08. The van der Waals surface area contributed by atoms with Gasteiger partial charge in [0.1, 0.15) is 4.88 Å². The van der Waals surface area contributed by atoms with Gasteiger partial charge in [0.25, 0.3) is 5.91 Å². The third kappa shape index (κ3) is 3.15. The Morgan fingerprint density at radius 1 is 1.27 bits per heavy atom. The first-order valence-electron chi connectivity index (χ1n) is 6.17.